The van der Waals surface area contributed by atoms with Crippen LogP contribution in [-0.4, -0.2) is 41.6 Å². The van der Waals surface area contributed by atoms with E-state index >= 15 is 0 Å². The first-order valence-electron chi connectivity index (χ1n) is 11.6. The molecule has 5 nitrogen and oxygen atoms in total. The molecule has 3 rings (SSSR count). The van der Waals surface area contributed by atoms with Crippen LogP contribution in [0.5, 0.6) is 0 Å². The molecule has 1 aliphatic rings. The van der Waals surface area contributed by atoms with Crippen LogP contribution < -0.4 is 5.32 Å². The lowest BCUT2D eigenvalue weighted by Crippen LogP contribution is -2.52. The fraction of sp³-hybridized carbons (Fsp3) is 0.462. The van der Waals surface area contributed by atoms with Gasteiger partial charge < -0.3 is 15.0 Å². The normalized spacial score (nSPS) is 18.9. The average molecular weight is 531 g/mol. The molecule has 0 saturated carbocycles. The average Bonchev–Trinajstić information content (AvgIpc) is 2.77. The summed E-state index contributed by atoms with van der Waals surface area (Å²) < 4.78 is 85.0. The largest absolute Gasteiger partial charge is 0.444 e. The van der Waals surface area contributed by atoms with Gasteiger partial charge in [-0.2, -0.15) is 26.3 Å². The number of benzene rings is 2. The van der Waals surface area contributed by atoms with E-state index in [1.54, 1.807) is 20.8 Å². The summed E-state index contributed by atoms with van der Waals surface area (Å²) in [7, 11) is 0. The summed E-state index contributed by atoms with van der Waals surface area (Å²) in [6.45, 7) is 7.36. The van der Waals surface area contributed by atoms with Crippen LogP contribution in [0, 0.1) is 6.92 Å². The number of amides is 2. The van der Waals surface area contributed by atoms with Crippen molar-refractivity contribution in [1.82, 2.24) is 10.2 Å². The lowest BCUT2D eigenvalue weighted by Gasteiger charge is -2.39. The topological polar surface area (TPSA) is 58.6 Å². The maximum Gasteiger partial charge on any atom is 0.416 e. The predicted molar refractivity (Wildman–Crippen MR) is 124 cm³/mol. The zero-order valence-electron chi connectivity index (χ0n) is 20.8. The van der Waals surface area contributed by atoms with Crippen molar-refractivity contribution in [3.8, 4) is 0 Å². The van der Waals surface area contributed by atoms with Gasteiger partial charge in [-0.05, 0) is 57.9 Å². The lowest BCUT2D eigenvalue weighted by molar-refractivity contribution is -0.143. The molecule has 11 heteroatoms. The Morgan fingerprint density at radius 1 is 0.919 bits per heavy atom. The first-order valence-corrected chi connectivity index (χ1v) is 11.6. The third-order valence-corrected chi connectivity index (χ3v) is 5.94. The Morgan fingerprint density at radius 2 is 1.46 bits per heavy atom. The Kier molecular flexibility index (Phi) is 7.85. The Morgan fingerprint density at radius 3 is 1.95 bits per heavy atom. The van der Waals surface area contributed by atoms with Gasteiger partial charge in [0.15, 0.2) is 0 Å². The summed E-state index contributed by atoms with van der Waals surface area (Å²) in [5.74, 6) is -1.54. The number of nitrogens with zero attached hydrogens (tertiary/aromatic N) is 1. The Labute approximate surface area is 210 Å². The van der Waals surface area contributed by atoms with Crippen LogP contribution in [0.15, 0.2) is 42.5 Å². The standard InChI is InChI=1S/C26H28F6N2O3/c1-15-5-7-16(8-6-15)20-14-34(23(36)37-24(2,3)4)10-9-21(20)33-22(35)17-11-18(25(27,28)29)13-19(12-17)26(30,31)32/h5-8,11-13,20-21H,9-10,14H2,1-4H3,(H,33,35)/t20-,21?/m0/s1. The van der Waals surface area contributed by atoms with Crippen LogP contribution >= 0.6 is 0 Å². The molecule has 1 aliphatic heterocycles. The molecule has 1 unspecified atom stereocenters. The van der Waals surface area contributed by atoms with Crippen LogP contribution in [0.1, 0.15) is 65.7 Å². The molecule has 2 aromatic rings. The van der Waals surface area contributed by atoms with Crippen LogP contribution in [0.4, 0.5) is 31.1 Å². The second-order valence-electron chi connectivity index (χ2n) is 10.1. The summed E-state index contributed by atoms with van der Waals surface area (Å²) in [4.78, 5) is 27.1. The van der Waals surface area contributed by atoms with Gasteiger partial charge in [0.2, 0.25) is 0 Å². The van der Waals surface area contributed by atoms with E-state index in [2.05, 4.69) is 5.32 Å². The molecule has 1 heterocycles. The fourth-order valence-electron chi connectivity index (χ4n) is 4.11. The number of carbonyl (C=O) groups excluding carboxylic acids is 2. The molecule has 0 spiro atoms. The summed E-state index contributed by atoms with van der Waals surface area (Å²) in [5, 5.41) is 2.61. The first-order chi connectivity index (χ1) is 16.9. The molecule has 2 aromatic carbocycles. The number of aryl methyl sites for hydroxylation is 1. The smallest absolute Gasteiger partial charge is 0.416 e. The summed E-state index contributed by atoms with van der Waals surface area (Å²) in [6.07, 6.45) is -10.5. The second-order valence-corrected chi connectivity index (χ2v) is 10.1. The van der Waals surface area contributed by atoms with Crippen LogP contribution in [0.3, 0.4) is 0 Å². The minimum Gasteiger partial charge on any atom is -0.444 e. The molecule has 1 N–H and O–H groups in total. The third-order valence-electron chi connectivity index (χ3n) is 5.94. The van der Waals surface area contributed by atoms with E-state index in [1.807, 2.05) is 31.2 Å². The number of piperidine rings is 1. The quantitative estimate of drug-likeness (QED) is 0.458. The van der Waals surface area contributed by atoms with Gasteiger partial charge in [-0.3, -0.25) is 4.79 Å². The second kappa shape index (κ2) is 10.3. The van der Waals surface area contributed by atoms with E-state index in [-0.39, 0.29) is 25.6 Å². The molecule has 0 aromatic heterocycles. The monoisotopic (exact) mass is 530 g/mol. The molecule has 0 radical (unpaired) electrons. The molecule has 0 aliphatic carbocycles. The Hall–Kier alpha value is -3.24. The molecule has 0 bridgehead atoms. The fourth-order valence-corrected chi connectivity index (χ4v) is 4.11. The van der Waals surface area contributed by atoms with Gasteiger partial charge in [-0.25, -0.2) is 4.79 Å². The molecular formula is C26H28F6N2O3. The van der Waals surface area contributed by atoms with Crippen LogP contribution in [-0.2, 0) is 17.1 Å². The zero-order chi connectivity index (χ0) is 27.8. The van der Waals surface area contributed by atoms with E-state index < -0.39 is 58.6 Å². The summed E-state index contributed by atoms with van der Waals surface area (Å²) in [6, 6.07) is 7.42. The minimum atomic E-state index is -5.07. The molecule has 2 atom stereocenters. The Balaban J connectivity index is 1.91. The molecule has 2 amide bonds. The third kappa shape index (κ3) is 7.39. The summed E-state index contributed by atoms with van der Waals surface area (Å²) >= 11 is 0. The van der Waals surface area contributed by atoms with E-state index in [4.69, 9.17) is 4.74 Å². The maximum absolute atomic E-state index is 13.3. The van der Waals surface area contributed by atoms with Crippen molar-refractivity contribution in [2.24, 2.45) is 0 Å². The van der Waals surface area contributed by atoms with Crippen molar-refractivity contribution < 1.29 is 40.7 Å². The van der Waals surface area contributed by atoms with Crippen molar-refractivity contribution in [3.05, 3.63) is 70.3 Å². The van der Waals surface area contributed by atoms with Gasteiger partial charge >= 0.3 is 18.4 Å². The highest BCUT2D eigenvalue weighted by Crippen LogP contribution is 2.37. The number of rotatable bonds is 3. The van der Waals surface area contributed by atoms with Crippen molar-refractivity contribution in [3.63, 3.8) is 0 Å². The van der Waals surface area contributed by atoms with Crippen molar-refractivity contribution in [1.29, 1.82) is 0 Å². The number of hydrogen-bond donors (Lipinski definition) is 1. The lowest BCUT2D eigenvalue weighted by atomic mass is 9.85. The van der Waals surface area contributed by atoms with E-state index in [0.29, 0.717) is 12.1 Å². The molecule has 1 saturated heterocycles. The maximum atomic E-state index is 13.3. The number of hydrogen-bond acceptors (Lipinski definition) is 3. The zero-order valence-corrected chi connectivity index (χ0v) is 20.8. The van der Waals surface area contributed by atoms with Gasteiger partial charge in [-0.15, -0.1) is 0 Å². The first kappa shape index (κ1) is 28.3. The molecule has 202 valence electrons. The van der Waals surface area contributed by atoms with Gasteiger partial charge in [0.05, 0.1) is 11.1 Å². The Bertz CT molecular complexity index is 1100. The summed E-state index contributed by atoms with van der Waals surface area (Å²) in [5.41, 5.74) is -2.90. The van der Waals surface area contributed by atoms with E-state index in [0.717, 1.165) is 11.1 Å². The number of alkyl halides is 6. The number of ether oxygens (including phenoxy) is 1. The SMILES string of the molecule is Cc1ccc([C@@H]2CN(C(=O)OC(C)(C)C)CCC2NC(=O)c2cc(C(F)(F)F)cc(C(F)(F)F)c2)cc1. The molecule has 37 heavy (non-hydrogen) atoms. The van der Waals surface area contributed by atoms with E-state index in [1.165, 1.54) is 4.90 Å². The predicted octanol–water partition coefficient (Wildman–Crippen LogP) is 6.56. The number of carbonyl (C=O) groups is 2. The van der Waals surface area contributed by atoms with Gasteiger partial charge in [0.1, 0.15) is 5.60 Å². The number of likely N-dealkylation sites (tertiary alicyclic amines) is 1. The van der Waals surface area contributed by atoms with Gasteiger partial charge in [0, 0.05) is 30.6 Å². The van der Waals surface area contributed by atoms with Crippen molar-refractivity contribution in [2.75, 3.05) is 13.1 Å². The van der Waals surface area contributed by atoms with E-state index in [9.17, 15) is 35.9 Å². The molecular weight excluding hydrogens is 502 g/mol. The highest BCUT2D eigenvalue weighted by atomic mass is 19.4. The van der Waals surface area contributed by atoms with Crippen LogP contribution in [0.25, 0.3) is 0 Å². The van der Waals surface area contributed by atoms with Crippen LogP contribution in [0.2, 0.25) is 0 Å². The highest BCUT2D eigenvalue weighted by molar-refractivity contribution is 5.95. The van der Waals surface area contributed by atoms with Crippen molar-refractivity contribution in [2.45, 2.75) is 64.0 Å². The van der Waals surface area contributed by atoms with Gasteiger partial charge in [0.25, 0.3) is 5.91 Å². The van der Waals surface area contributed by atoms with Gasteiger partial charge in [-0.1, -0.05) is 29.8 Å². The molecule has 1 fully saturated rings. The highest BCUT2D eigenvalue weighted by Gasteiger charge is 2.39. The van der Waals surface area contributed by atoms with Crippen molar-refractivity contribution >= 4 is 12.0 Å². The minimum absolute atomic E-state index is 0.0226. The number of halogens is 6. The number of nitrogens with one attached hydrogen (secondary N) is 1.